The Morgan fingerprint density at radius 3 is 2.42 bits per heavy atom. The summed E-state index contributed by atoms with van der Waals surface area (Å²) in [6.07, 6.45) is 0. The number of methoxy groups -OCH3 is 2. The van der Waals surface area contributed by atoms with Crippen LogP contribution in [0.3, 0.4) is 0 Å². The molecule has 1 atom stereocenters. The SMILES string of the molecule is COc1ccc(S(=O)(=O)NC(C)C(=O)O)c(OC)c1. The summed E-state index contributed by atoms with van der Waals surface area (Å²) in [5.41, 5.74) is 0. The van der Waals surface area contributed by atoms with Crippen molar-refractivity contribution in [1.29, 1.82) is 0 Å². The van der Waals surface area contributed by atoms with Gasteiger partial charge in [-0.05, 0) is 19.1 Å². The Balaban J connectivity index is 3.17. The Morgan fingerprint density at radius 2 is 1.95 bits per heavy atom. The van der Waals surface area contributed by atoms with Gasteiger partial charge in [0.15, 0.2) is 0 Å². The first-order valence-corrected chi connectivity index (χ1v) is 6.77. The molecule has 2 N–H and O–H groups in total. The first kappa shape index (κ1) is 15.3. The van der Waals surface area contributed by atoms with Crippen LogP contribution in [-0.2, 0) is 14.8 Å². The molecule has 0 aliphatic carbocycles. The third-order valence-electron chi connectivity index (χ3n) is 2.36. The van der Waals surface area contributed by atoms with Gasteiger partial charge in [-0.15, -0.1) is 0 Å². The summed E-state index contributed by atoms with van der Waals surface area (Å²) in [6, 6.07) is 2.90. The number of hydrogen-bond acceptors (Lipinski definition) is 5. The van der Waals surface area contributed by atoms with E-state index in [1.54, 1.807) is 0 Å². The molecule has 1 aromatic rings. The van der Waals surface area contributed by atoms with E-state index >= 15 is 0 Å². The van der Waals surface area contributed by atoms with Gasteiger partial charge in [-0.1, -0.05) is 0 Å². The molecule has 0 aliphatic heterocycles. The third-order valence-corrected chi connectivity index (χ3v) is 3.94. The summed E-state index contributed by atoms with van der Waals surface area (Å²) in [5.74, 6) is -0.762. The Hall–Kier alpha value is -1.80. The highest BCUT2D eigenvalue weighted by atomic mass is 32.2. The smallest absolute Gasteiger partial charge is 0.321 e. The lowest BCUT2D eigenvalue weighted by Crippen LogP contribution is -2.38. The predicted octanol–water partition coefficient (Wildman–Crippen LogP) is 0.455. The summed E-state index contributed by atoms with van der Waals surface area (Å²) < 4.78 is 36.0. The van der Waals surface area contributed by atoms with E-state index in [1.165, 1.54) is 39.3 Å². The van der Waals surface area contributed by atoms with Crippen molar-refractivity contribution in [3.63, 3.8) is 0 Å². The zero-order valence-corrected chi connectivity index (χ0v) is 11.5. The molecule has 1 rings (SSSR count). The molecular weight excluding hydrogens is 274 g/mol. The summed E-state index contributed by atoms with van der Waals surface area (Å²) >= 11 is 0. The number of ether oxygens (including phenoxy) is 2. The number of rotatable bonds is 6. The maximum Gasteiger partial charge on any atom is 0.321 e. The molecule has 0 heterocycles. The van der Waals surface area contributed by atoms with E-state index in [9.17, 15) is 13.2 Å². The average Bonchev–Trinajstić information content (AvgIpc) is 2.37. The standard InChI is InChI=1S/C11H15NO6S/c1-7(11(13)14)12-19(15,16)10-5-4-8(17-2)6-9(10)18-3/h4-7,12H,1-3H3,(H,13,14). The molecule has 7 nitrogen and oxygen atoms in total. The number of nitrogens with one attached hydrogen (secondary N) is 1. The minimum atomic E-state index is -3.98. The normalized spacial score (nSPS) is 12.8. The van der Waals surface area contributed by atoms with Crippen molar-refractivity contribution < 1.29 is 27.8 Å². The molecule has 0 fully saturated rings. The van der Waals surface area contributed by atoms with Crippen LogP contribution in [0.4, 0.5) is 0 Å². The molecule has 0 spiro atoms. The minimum absolute atomic E-state index is 0.0736. The van der Waals surface area contributed by atoms with Crippen LogP contribution in [0.25, 0.3) is 0 Å². The molecule has 8 heteroatoms. The van der Waals surface area contributed by atoms with Crippen LogP contribution in [0.15, 0.2) is 23.1 Å². The fourth-order valence-corrected chi connectivity index (χ4v) is 2.69. The van der Waals surface area contributed by atoms with Crippen LogP contribution in [0, 0.1) is 0 Å². The third kappa shape index (κ3) is 3.58. The Morgan fingerprint density at radius 1 is 1.32 bits per heavy atom. The number of hydrogen-bond donors (Lipinski definition) is 2. The zero-order valence-electron chi connectivity index (χ0n) is 10.7. The topological polar surface area (TPSA) is 102 Å². The predicted molar refractivity (Wildman–Crippen MR) is 67.0 cm³/mol. The highest BCUT2D eigenvalue weighted by Crippen LogP contribution is 2.28. The van der Waals surface area contributed by atoms with Gasteiger partial charge in [0.05, 0.1) is 14.2 Å². The molecule has 19 heavy (non-hydrogen) atoms. The van der Waals surface area contributed by atoms with Gasteiger partial charge in [0.25, 0.3) is 0 Å². The van der Waals surface area contributed by atoms with Gasteiger partial charge in [0.1, 0.15) is 22.4 Å². The lowest BCUT2D eigenvalue weighted by atomic mass is 10.3. The molecule has 1 unspecified atom stereocenters. The van der Waals surface area contributed by atoms with Crippen molar-refractivity contribution in [2.45, 2.75) is 17.9 Å². The molecule has 1 aromatic carbocycles. The van der Waals surface area contributed by atoms with Crippen molar-refractivity contribution in [2.75, 3.05) is 14.2 Å². The Kier molecular flexibility index (Phi) is 4.73. The van der Waals surface area contributed by atoms with E-state index in [2.05, 4.69) is 0 Å². The molecule has 0 bridgehead atoms. The fourth-order valence-electron chi connectivity index (χ4n) is 1.34. The fraction of sp³-hybridized carbons (Fsp3) is 0.364. The van der Waals surface area contributed by atoms with Crippen molar-refractivity contribution >= 4 is 16.0 Å². The summed E-state index contributed by atoms with van der Waals surface area (Å²) in [6.45, 7) is 1.23. The second-order valence-electron chi connectivity index (χ2n) is 3.70. The lowest BCUT2D eigenvalue weighted by molar-refractivity contribution is -0.138. The largest absolute Gasteiger partial charge is 0.497 e. The Bertz CT molecular complexity index is 569. The highest BCUT2D eigenvalue weighted by molar-refractivity contribution is 7.89. The first-order valence-electron chi connectivity index (χ1n) is 5.29. The monoisotopic (exact) mass is 289 g/mol. The van der Waals surface area contributed by atoms with Crippen LogP contribution in [-0.4, -0.2) is 39.8 Å². The average molecular weight is 289 g/mol. The van der Waals surface area contributed by atoms with E-state index in [-0.39, 0.29) is 10.6 Å². The van der Waals surface area contributed by atoms with Gasteiger partial charge < -0.3 is 14.6 Å². The second kappa shape index (κ2) is 5.89. The molecule has 106 valence electrons. The first-order chi connectivity index (χ1) is 8.81. The Labute approximate surface area is 111 Å². The summed E-state index contributed by atoms with van der Waals surface area (Å²) in [5, 5.41) is 8.72. The van der Waals surface area contributed by atoms with Gasteiger partial charge in [0.2, 0.25) is 10.0 Å². The highest BCUT2D eigenvalue weighted by Gasteiger charge is 2.24. The van der Waals surface area contributed by atoms with Gasteiger partial charge >= 0.3 is 5.97 Å². The number of sulfonamides is 1. The molecule has 0 radical (unpaired) electrons. The molecular formula is C11H15NO6S. The maximum absolute atomic E-state index is 12.0. The second-order valence-corrected chi connectivity index (χ2v) is 5.38. The zero-order chi connectivity index (χ0) is 14.6. The number of aliphatic carboxylic acids is 1. The molecule has 0 saturated heterocycles. The van der Waals surface area contributed by atoms with Gasteiger partial charge in [-0.2, -0.15) is 4.72 Å². The van der Waals surface area contributed by atoms with Crippen molar-refractivity contribution in [2.24, 2.45) is 0 Å². The quantitative estimate of drug-likeness (QED) is 0.788. The lowest BCUT2D eigenvalue weighted by Gasteiger charge is -2.13. The van der Waals surface area contributed by atoms with Gasteiger partial charge in [-0.3, -0.25) is 4.79 Å². The minimum Gasteiger partial charge on any atom is -0.497 e. The van der Waals surface area contributed by atoms with Crippen LogP contribution in [0.2, 0.25) is 0 Å². The number of benzene rings is 1. The molecule has 0 amide bonds. The summed E-state index contributed by atoms with van der Waals surface area (Å²) in [4.78, 5) is 10.5. The molecule has 0 aromatic heterocycles. The van der Waals surface area contributed by atoms with Crippen LogP contribution >= 0.6 is 0 Å². The van der Waals surface area contributed by atoms with E-state index in [0.717, 1.165) is 0 Å². The number of carbonyl (C=O) groups is 1. The van der Waals surface area contributed by atoms with Crippen LogP contribution in [0.5, 0.6) is 11.5 Å². The van der Waals surface area contributed by atoms with E-state index in [1.807, 2.05) is 4.72 Å². The van der Waals surface area contributed by atoms with Gasteiger partial charge in [-0.25, -0.2) is 8.42 Å². The van der Waals surface area contributed by atoms with Crippen molar-refractivity contribution in [3.05, 3.63) is 18.2 Å². The summed E-state index contributed by atoms with van der Waals surface area (Å²) in [7, 11) is -1.23. The van der Waals surface area contributed by atoms with Crippen LogP contribution < -0.4 is 14.2 Å². The van der Waals surface area contributed by atoms with Crippen molar-refractivity contribution in [3.8, 4) is 11.5 Å². The van der Waals surface area contributed by atoms with Gasteiger partial charge in [0, 0.05) is 6.07 Å². The van der Waals surface area contributed by atoms with Crippen LogP contribution in [0.1, 0.15) is 6.92 Å². The molecule has 0 saturated carbocycles. The van der Waals surface area contributed by atoms with E-state index < -0.39 is 22.0 Å². The maximum atomic E-state index is 12.0. The van der Waals surface area contributed by atoms with E-state index in [4.69, 9.17) is 14.6 Å². The number of carboxylic acids is 1. The van der Waals surface area contributed by atoms with E-state index in [0.29, 0.717) is 5.75 Å². The molecule has 0 aliphatic rings. The number of carboxylic acid groups (broad SMARTS) is 1. The van der Waals surface area contributed by atoms with Crippen molar-refractivity contribution in [1.82, 2.24) is 4.72 Å².